The van der Waals surface area contributed by atoms with E-state index in [1.54, 1.807) is 23.5 Å². The van der Waals surface area contributed by atoms with Gasteiger partial charge in [0.25, 0.3) is 0 Å². The zero-order valence-corrected chi connectivity index (χ0v) is 9.18. The number of rotatable bonds is 2. The van der Waals surface area contributed by atoms with Crippen molar-refractivity contribution in [2.75, 3.05) is 12.4 Å². The first kappa shape index (κ1) is 10.3. The van der Waals surface area contributed by atoms with Gasteiger partial charge in [-0.3, -0.25) is 4.79 Å². The Morgan fingerprint density at radius 1 is 1.75 bits per heavy atom. The van der Waals surface area contributed by atoms with E-state index >= 15 is 0 Å². The second kappa shape index (κ2) is 3.92. The Balaban J connectivity index is 2.54. The van der Waals surface area contributed by atoms with Crippen LogP contribution in [0.3, 0.4) is 0 Å². The van der Waals surface area contributed by atoms with Crippen molar-refractivity contribution < 1.29 is 9.53 Å². The number of carbonyl (C=O) groups excluding carboxylic acids is 1. The van der Waals surface area contributed by atoms with E-state index in [9.17, 15) is 4.79 Å². The molecule has 1 aliphatic heterocycles. The predicted octanol–water partition coefficient (Wildman–Crippen LogP) is 2.30. The van der Waals surface area contributed by atoms with Crippen LogP contribution in [0, 0.1) is 4.58 Å². The summed E-state index contributed by atoms with van der Waals surface area (Å²) in [5.74, 6) is 0.752. The molecule has 1 saturated heterocycles. The van der Waals surface area contributed by atoms with Gasteiger partial charge in [0, 0.05) is 5.75 Å². The fraction of sp³-hybridized carbons (Fsp3) is 0.750. The monoisotopic (exact) mass is 205 g/mol. The second-order valence-electron chi connectivity index (χ2n) is 2.83. The molecule has 12 heavy (non-hydrogen) atoms. The van der Waals surface area contributed by atoms with Crippen LogP contribution in [0.4, 0.5) is 0 Å². The Bertz CT molecular complexity index is 184. The van der Waals surface area contributed by atoms with E-state index in [1.807, 2.05) is 20.8 Å². The third-order valence-corrected chi connectivity index (χ3v) is 4.59. The van der Waals surface area contributed by atoms with E-state index in [0.717, 1.165) is 5.75 Å². The zero-order valence-electron chi connectivity index (χ0n) is 7.55. The van der Waals surface area contributed by atoms with Gasteiger partial charge in [-0.25, -0.2) is 0 Å². The number of thioether (sulfide) groups is 2. The van der Waals surface area contributed by atoms with Crippen molar-refractivity contribution in [1.82, 2.24) is 0 Å². The van der Waals surface area contributed by atoms with Crippen LogP contribution in [-0.4, -0.2) is 23.1 Å². The molecule has 1 radical (unpaired) electrons. The maximum absolute atomic E-state index is 11.4. The largest absolute Gasteiger partial charge is 0.465 e. The fourth-order valence-electron chi connectivity index (χ4n) is 1.000. The summed E-state index contributed by atoms with van der Waals surface area (Å²) >= 11 is 3.36. The van der Waals surface area contributed by atoms with Crippen molar-refractivity contribution in [2.24, 2.45) is 0 Å². The smallest absolute Gasteiger partial charge is 0.322 e. The molecule has 0 N–H and O–H groups in total. The summed E-state index contributed by atoms with van der Waals surface area (Å²) in [4.78, 5) is 11.4. The first-order valence-electron chi connectivity index (χ1n) is 3.91. The molecule has 69 valence electrons. The fourth-order valence-corrected chi connectivity index (χ4v) is 3.75. The number of ether oxygens (including phenoxy) is 1. The molecule has 1 heterocycles. The van der Waals surface area contributed by atoms with Crippen molar-refractivity contribution in [3.8, 4) is 0 Å². The molecule has 0 aromatic rings. The average molecular weight is 205 g/mol. The van der Waals surface area contributed by atoms with Crippen LogP contribution in [0.15, 0.2) is 0 Å². The highest BCUT2D eigenvalue weighted by molar-refractivity contribution is 8.24. The van der Waals surface area contributed by atoms with Gasteiger partial charge in [0.2, 0.25) is 0 Å². The van der Waals surface area contributed by atoms with Crippen LogP contribution in [0.1, 0.15) is 20.8 Å². The van der Waals surface area contributed by atoms with E-state index < -0.39 is 0 Å². The van der Waals surface area contributed by atoms with Crippen molar-refractivity contribution >= 4 is 29.5 Å². The number of esters is 1. The molecule has 0 amide bonds. The molecule has 0 aromatic carbocycles. The lowest BCUT2D eigenvalue weighted by Crippen LogP contribution is -2.33. The summed E-state index contributed by atoms with van der Waals surface area (Å²) in [6.45, 7) is 6.29. The molecular formula is C8H13O2S2. The normalized spacial score (nSPS) is 30.6. The van der Waals surface area contributed by atoms with Gasteiger partial charge in [-0.1, -0.05) is 0 Å². The van der Waals surface area contributed by atoms with Gasteiger partial charge in [-0.2, -0.15) is 0 Å². The molecule has 1 rings (SSSR count). The van der Waals surface area contributed by atoms with Gasteiger partial charge < -0.3 is 4.74 Å². The molecule has 1 fully saturated rings. The lowest BCUT2D eigenvalue weighted by atomic mass is 10.2. The molecule has 0 bridgehead atoms. The van der Waals surface area contributed by atoms with Gasteiger partial charge in [0.1, 0.15) is 4.75 Å². The van der Waals surface area contributed by atoms with Crippen LogP contribution < -0.4 is 0 Å². The van der Waals surface area contributed by atoms with Crippen LogP contribution in [-0.2, 0) is 9.53 Å². The molecule has 4 heteroatoms. The first-order valence-corrected chi connectivity index (χ1v) is 5.71. The van der Waals surface area contributed by atoms with Crippen LogP contribution in [0.25, 0.3) is 0 Å². The van der Waals surface area contributed by atoms with Gasteiger partial charge >= 0.3 is 5.97 Å². The maximum atomic E-state index is 11.4. The van der Waals surface area contributed by atoms with Crippen LogP contribution in [0.2, 0.25) is 0 Å². The van der Waals surface area contributed by atoms with E-state index in [0.29, 0.717) is 6.61 Å². The Hall–Kier alpha value is 0.170. The minimum atomic E-state index is -0.342. The highest BCUT2D eigenvalue weighted by Gasteiger charge is 2.42. The summed E-state index contributed by atoms with van der Waals surface area (Å²) in [7, 11) is 0. The van der Waals surface area contributed by atoms with E-state index in [2.05, 4.69) is 0 Å². The molecule has 0 aliphatic carbocycles. The van der Waals surface area contributed by atoms with E-state index in [1.165, 1.54) is 4.58 Å². The minimum Gasteiger partial charge on any atom is -0.465 e. The molecule has 0 saturated carbocycles. The highest BCUT2D eigenvalue weighted by atomic mass is 32.2. The van der Waals surface area contributed by atoms with Gasteiger partial charge in [-0.05, 0) is 20.8 Å². The average Bonchev–Trinajstić information content (AvgIpc) is 2.33. The lowest BCUT2D eigenvalue weighted by molar-refractivity contribution is -0.144. The summed E-state index contributed by atoms with van der Waals surface area (Å²) in [5.41, 5.74) is 0. The van der Waals surface area contributed by atoms with Gasteiger partial charge in [0.05, 0.1) is 11.2 Å². The second-order valence-corrected chi connectivity index (χ2v) is 6.00. The number of hydrogen-bond acceptors (Lipinski definition) is 4. The summed E-state index contributed by atoms with van der Waals surface area (Å²) in [6.07, 6.45) is 0. The summed E-state index contributed by atoms with van der Waals surface area (Å²) in [6, 6.07) is 0. The molecule has 1 atom stereocenters. The Kier molecular flexibility index (Phi) is 3.35. The minimum absolute atomic E-state index is 0.0839. The first-order chi connectivity index (χ1) is 5.58. The lowest BCUT2D eigenvalue weighted by Gasteiger charge is -2.19. The Morgan fingerprint density at radius 3 is 2.83 bits per heavy atom. The summed E-state index contributed by atoms with van der Waals surface area (Å²) < 4.78 is 5.90. The molecule has 0 spiro atoms. The SMILES string of the molecule is CCOC(=O)C1(C)CS[C](C)S1. The van der Waals surface area contributed by atoms with Gasteiger partial charge in [0.15, 0.2) is 0 Å². The van der Waals surface area contributed by atoms with E-state index in [-0.39, 0.29) is 10.7 Å². The van der Waals surface area contributed by atoms with Crippen molar-refractivity contribution in [1.29, 1.82) is 0 Å². The van der Waals surface area contributed by atoms with Crippen LogP contribution in [0.5, 0.6) is 0 Å². The van der Waals surface area contributed by atoms with Crippen molar-refractivity contribution in [3.05, 3.63) is 4.58 Å². The molecule has 0 aromatic heterocycles. The van der Waals surface area contributed by atoms with Crippen LogP contribution >= 0.6 is 23.5 Å². The molecule has 1 unspecified atom stereocenters. The quantitative estimate of drug-likeness (QED) is 0.646. The summed E-state index contributed by atoms with van der Waals surface area (Å²) in [5, 5.41) is 0. The highest BCUT2D eigenvalue weighted by Crippen LogP contribution is 2.50. The topological polar surface area (TPSA) is 26.3 Å². The number of carbonyl (C=O) groups is 1. The third kappa shape index (κ3) is 2.10. The van der Waals surface area contributed by atoms with Crippen molar-refractivity contribution in [3.63, 3.8) is 0 Å². The van der Waals surface area contributed by atoms with E-state index in [4.69, 9.17) is 4.74 Å². The van der Waals surface area contributed by atoms with Gasteiger partial charge in [-0.15, -0.1) is 23.5 Å². The Labute approximate surface area is 81.8 Å². The third-order valence-electron chi connectivity index (χ3n) is 1.63. The molecule has 2 nitrogen and oxygen atoms in total. The maximum Gasteiger partial charge on any atom is 0.322 e. The standard InChI is InChI=1S/C8H13O2S2/c1-4-10-7(9)8(3)5-11-6(2)12-8/h4-5H2,1-3H3. The zero-order chi connectivity index (χ0) is 9.19. The predicted molar refractivity (Wildman–Crippen MR) is 54.0 cm³/mol. The number of hydrogen-bond donors (Lipinski definition) is 0. The van der Waals surface area contributed by atoms with Crippen molar-refractivity contribution in [2.45, 2.75) is 25.5 Å². The Morgan fingerprint density at radius 2 is 2.42 bits per heavy atom. The molecular weight excluding hydrogens is 192 g/mol. The molecule has 1 aliphatic rings.